The van der Waals surface area contributed by atoms with E-state index in [9.17, 15) is 18.0 Å². The van der Waals surface area contributed by atoms with Crippen LogP contribution in [0.4, 0.5) is 13.2 Å². The highest BCUT2D eigenvalue weighted by atomic mass is 19.1. The van der Waals surface area contributed by atoms with E-state index in [1.807, 2.05) is 0 Å². The zero-order chi connectivity index (χ0) is 17.8. The molecule has 0 spiro atoms. The predicted molar refractivity (Wildman–Crippen MR) is 81.9 cm³/mol. The quantitative estimate of drug-likeness (QED) is 0.455. The van der Waals surface area contributed by atoms with Gasteiger partial charge in [-0.3, -0.25) is 0 Å². The molecular formula is C16H19F3O5. The molecule has 0 bridgehead atoms. The van der Waals surface area contributed by atoms with Gasteiger partial charge >= 0.3 is 5.97 Å². The van der Waals surface area contributed by atoms with Crippen molar-refractivity contribution in [3.63, 3.8) is 0 Å². The van der Waals surface area contributed by atoms with Crippen LogP contribution in [-0.2, 0) is 9.53 Å². The van der Waals surface area contributed by atoms with E-state index in [-0.39, 0.29) is 37.1 Å². The average Bonchev–Trinajstić information content (AvgIpc) is 2.61. The van der Waals surface area contributed by atoms with Crippen LogP contribution < -0.4 is 14.2 Å². The minimum atomic E-state index is -0.771. The molecule has 0 saturated heterocycles. The van der Waals surface area contributed by atoms with Crippen molar-refractivity contribution in [2.24, 2.45) is 0 Å². The Kier molecular flexibility index (Phi) is 9.18. The van der Waals surface area contributed by atoms with Crippen molar-refractivity contribution < 1.29 is 36.9 Å². The molecule has 0 aliphatic heterocycles. The van der Waals surface area contributed by atoms with Crippen LogP contribution in [0.3, 0.4) is 0 Å². The first-order valence-corrected chi connectivity index (χ1v) is 7.17. The monoisotopic (exact) mass is 348 g/mol. The first kappa shape index (κ1) is 19.7. The second-order valence-corrected chi connectivity index (χ2v) is 4.28. The van der Waals surface area contributed by atoms with Crippen LogP contribution in [0.5, 0.6) is 17.2 Å². The first-order valence-electron chi connectivity index (χ1n) is 7.17. The Labute approximate surface area is 138 Å². The molecule has 0 heterocycles. The van der Waals surface area contributed by atoms with Gasteiger partial charge in [0.1, 0.15) is 39.8 Å². The molecule has 0 saturated carbocycles. The Hall–Kier alpha value is -2.38. The van der Waals surface area contributed by atoms with Gasteiger partial charge in [0.15, 0.2) is 11.5 Å². The molecule has 0 aliphatic rings. The van der Waals surface area contributed by atoms with Gasteiger partial charge in [0, 0.05) is 11.6 Å². The minimum absolute atomic E-state index is 0.0153. The molecule has 0 aromatic heterocycles. The van der Waals surface area contributed by atoms with E-state index in [0.29, 0.717) is 5.56 Å². The fraction of sp³-hybridized carbons (Fsp3) is 0.438. The zero-order valence-electron chi connectivity index (χ0n) is 13.2. The zero-order valence-corrected chi connectivity index (χ0v) is 13.2. The molecule has 0 fully saturated rings. The van der Waals surface area contributed by atoms with Crippen LogP contribution in [0, 0.1) is 0 Å². The summed E-state index contributed by atoms with van der Waals surface area (Å²) >= 11 is 0. The molecule has 0 aliphatic carbocycles. The Morgan fingerprint density at radius 2 is 1.54 bits per heavy atom. The van der Waals surface area contributed by atoms with E-state index in [1.54, 1.807) is 0 Å². The van der Waals surface area contributed by atoms with Crippen LogP contribution in [0.25, 0.3) is 6.08 Å². The summed E-state index contributed by atoms with van der Waals surface area (Å²) in [5.74, 6) is -0.389. The molecule has 0 N–H and O–H groups in total. The Bertz CT molecular complexity index is 549. The van der Waals surface area contributed by atoms with Gasteiger partial charge in [-0.25, -0.2) is 18.0 Å². The van der Waals surface area contributed by atoms with Gasteiger partial charge in [-0.15, -0.1) is 0 Å². The van der Waals surface area contributed by atoms with Crippen LogP contribution in [0.2, 0.25) is 0 Å². The van der Waals surface area contributed by atoms with Crippen molar-refractivity contribution in [1.29, 1.82) is 0 Å². The van der Waals surface area contributed by atoms with Crippen LogP contribution in [0.15, 0.2) is 18.2 Å². The summed E-state index contributed by atoms with van der Waals surface area (Å²) in [5, 5.41) is 0. The molecule has 0 atom stereocenters. The molecule has 5 nitrogen and oxygen atoms in total. The van der Waals surface area contributed by atoms with Gasteiger partial charge in [0.05, 0.1) is 7.11 Å². The Balaban J connectivity index is 3.25. The molecule has 0 unspecified atom stereocenters. The van der Waals surface area contributed by atoms with Gasteiger partial charge in [-0.05, 0) is 18.2 Å². The number of alkyl halides is 3. The van der Waals surface area contributed by atoms with Gasteiger partial charge in [-0.1, -0.05) is 0 Å². The number of carbonyl (C=O) groups excluding carboxylic acids is 1. The van der Waals surface area contributed by atoms with Gasteiger partial charge in [-0.2, -0.15) is 0 Å². The standard InChI is InChI=1S/C16H19F3O5/c1-21-14(20)5-3-12-2-4-13(22-9-6-17)16(24-11-8-19)15(12)23-10-7-18/h2-5H,6-11H2,1H3/b5-3+. The Morgan fingerprint density at radius 1 is 0.958 bits per heavy atom. The molecule has 0 amide bonds. The number of benzene rings is 1. The fourth-order valence-corrected chi connectivity index (χ4v) is 1.75. The number of ether oxygens (including phenoxy) is 4. The van der Waals surface area contributed by atoms with E-state index >= 15 is 0 Å². The van der Waals surface area contributed by atoms with Crippen LogP contribution in [-0.4, -0.2) is 52.9 Å². The van der Waals surface area contributed by atoms with Gasteiger partial charge in [0.2, 0.25) is 5.75 Å². The molecule has 0 radical (unpaired) electrons. The molecular weight excluding hydrogens is 329 g/mol. The number of rotatable bonds is 11. The van der Waals surface area contributed by atoms with Gasteiger partial charge < -0.3 is 18.9 Å². The SMILES string of the molecule is COC(=O)/C=C/c1ccc(OCCF)c(OCCF)c1OCCF. The van der Waals surface area contributed by atoms with E-state index in [0.717, 1.165) is 6.08 Å². The maximum absolute atomic E-state index is 12.5. The largest absolute Gasteiger partial charge is 0.487 e. The number of carbonyl (C=O) groups is 1. The van der Waals surface area contributed by atoms with Crippen LogP contribution in [0.1, 0.15) is 5.56 Å². The van der Waals surface area contributed by atoms with Crippen molar-refractivity contribution in [3.05, 3.63) is 23.8 Å². The molecule has 1 aromatic rings. The number of hydrogen-bond donors (Lipinski definition) is 0. The smallest absolute Gasteiger partial charge is 0.330 e. The normalized spacial score (nSPS) is 10.7. The summed E-state index contributed by atoms with van der Waals surface area (Å²) in [7, 11) is 1.22. The van der Waals surface area contributed by atoms with Crippen LogP contribution >= 0.6 is 0 Å². The molecule has 8 heteroatoms. The van der Waals surface area contributed by atoms with E-state index in [1.165, 1.54) is 25.3 Å². The summed E-state index contributed by atoms with van der Waals surface area (Å²) in [5.41, 5.74) is 0.371. The summed E-state index contributed by atoms with van der Waals surface area (Å²) in [6.45, 7) is -3.07. The maximum Gasteiger partial charge on any atom is 0.330 e. The predicted octanol–water partition coefficient (Wildman–Crippen LogP) is 2.92. The third-order valence-electron chi connectivity index (χ3n) is 2.69. The average molecular weight is 348 g/mol. The lowest BCUT2D eigenvalue weighted by molar-refractivity contribution is -0.134. The summed E-state index contributed by atoms with van der Waals surface area (Å²) < 4.78 is 57.5. The molecule has 134 valence electrons. The van der Waals surface area contributed by atoms with Crippen molar-refractivity contribution in [3.8, 4) is 17.2 Å². The van der Waals surface area contributed by atoms with E-state index < -0.39 is 26.0 Å². The lowest BCUT2D eigenvalue weighted by Crippen LogP contribution is -2.08. The summed E-state index contributed by atoms with van der Waals surface area (Å²) in [4.78, 5) is 11.2. The summed E-state index contributed by atoms with van der Waals surface area (Å²) in [6, 6.07) is 2.98. The third kappa shape index (κ3) is 6.02. The lowest BCUT2D eigenvalue weighted by atomic mass is 10.1. The second-order valence-electron chi connectivity index (χ2n) is 4.28. The van der Waals surface area contributed by atoms with Crippen molar-refractivity contribution >= 4 is 12.0 Å². The first-order chi connectivity index (χ1) is 11.7. The van der Waals surface area contributed by atoms with Gasteiger partial charge in [0.25, 0.3) is 0 Å². The maximum atomic E-state index is 12.5. The minimum Gasteiger partial charge on any atom is -0.487 e. The number of esters is 1. The number of hydrogen-bond acceptors (Lipinski definition) is 5. The van der Waals surface area contributed by atoms with Crippen molar-refractivity contribution in [2.45, 2.75) is 0 Å². The van der Waals surface area contributed by atoms with Crippen molar-refractivity contribution in [2.75, 3.05) is 47.0 Å². The van der Waals surface area contributed by atoms with E-state index in [2.05, 4.69) is 4.74 Å². The highest BCUT2D eigenvalue weighted by Crippen LogP contribution is 2.41. The molecule has 24 heavy (non-hydrogen) atoms. The molecule has 1 rings (SSSR count). The highest BCUT2D eigenvalue weighted by Gasteiger charge is 2.17. The topological polar surface area (TPSA) is 54.0 Å². The fourth-order valence-electron chi connectivity index (χ4n) is 1.75. The van der Waals surface area contributed by atoms with E-state index in [4.69, 9.17) is 14.2 Å². The van der Waals surface area contributed by atoms with Crippen molar-refractivity contribution in [1.82, 2.24) is 0 Å². The Morgan fingerprint density at radius 3 is 2.12 bits per heavy atom. The number of halogens is 3. The number of methoxy groups -OCH3 is 1. The molecule has 1 aromatic carbocycles. The third-order valence-corrected chi connectivity index (χ3v) is 2.69. The lowest BCUT2D eigenvalue weighted by Gasteiger charge is -2.17. The summed E-state index contributed by atoms with van der Waals surface area (Å²) in [6.07, 6.45) is 2.51. The highest BCUT2D eigenvalue weighted by molar-refractivity contribution is 5.88. The second kappa shape index (κ2) is 11.2.